The molecule has 0 spiro atoms. The first-order chi connectivity index (χ1) is 13.4. The van der Waals surface area contributed by atoms with E-state index >= 15 is 0 Å². The van der Waals surface area contributed by atoms with E-state index in [-0.39, 0.29) is 22.8 Å². The fourth-order valence-corrected chi connectivity index (χ4v) is 2.51. The molecule has 2 heterocycles. The second kappa shape index (κ2) is 7.95. The molecular formula is C19H16F3N5O. The molecule has 0 fully saturated rings. The van der Waals surface area contributed by atoms with E-state index in [1.165, 1.54) is 31.4 Å². The van der Waals surface area contributed by atoms with Gasteiger partial charge in [0.15, 0.2) is 0 Å². The van der Waals surface area contributed by atoms with Crippen molar-refractivity contribution >= 4 is 28.8 Å². The van der Waals surface area contributed by atoms with Gasteiger partial charge < -0.3 is 16.0 Å². The number of aromatic nitrogens is 2. The fraction of sp³-hybridized carbons (Fsp3) is 0.105. The summed E-state index contributed by atoms with van der Waals surface area (Å²) in [5, 5.41) is 8.07. The quantitative estimate of drug-likeness (QED) is 0.607. The van der Waals surface area contributed by atoms with Crippen molar-refractivity contribution in [3.8, 4) is 0 Å². The number of hydrogen-bond acceptors (Lipinski definition) is 5. The van der Waals surface area contributed by atoms with Gasteiger partial charge in [0.2, 0.25) is 0 Å². The number of nitrogens with zero attached hydrogens (tertiary/aromatic N) is 2. The smallest absolute Gasteiger partial charge is 0.355 e. The van der Waals surface area contributed by atoms with E-state index in [2.05, 4.69) is 25.9 Å². The number of halogens is 3. The van der Waals surface area contributed by atoms with E-state index in [1.54, 1.807) is 30.5 Å². The van der Waals surface area contributed by atoms with Gasteiger partial charge in [-0.1, -0.05) is 12.1 Å². The first-order valence-electron chi connectivity index (χ1n) is 8.21. The molecule has 0 bridgehead atoms. The van der Waals surface area contributed by atoms with Crippen LogP contribution in [0.1, 0.15) is 15.9 Å². The van der Waals surface area contributed by atoms with Crippen LogP contribution in [0.4, 0.5) is 36.1 Å². The van der Waals surface area contributed by atoms with Crippen molar-refractivity contribution in [2.45, 2.75) is 6.18 Å². The molecule has 0 unspecified atom stereocenters. The summed E-state index contributed by atoms with van der Waals surface area (Å²) in [4.78, 5) is 19.8. The SMILES string of the molecule is CNC(=O)c1ccccc1Nc1cc(Nc2cccnc2)ncc1C(F)(F)F. The number of anilines is 4. The van der Waals surface area contributed by atoms with Gasteiger partial charge in [0.05, 0.1) is 34.4 Å². The van der Waals surface area contributed by atoms with E-state index in [9.17, 15) is 18.0 Å². The summed E-state index contributed by atoms with van der Waals surface area (Å²) in [6.07, 6.45) is -0.783. The lowest BCUT2D eigenvalue weighted by molar-refractivity contribution is -0.137. The number of pyridine rings is 2. The van der Waals surface area contributed by atoms with Crippen LogP contribution in [0.15, 0.2) is 61.1 Å². The molecular weight excluding hydrogens is 371 g/mol. The molecule has 1 aromatic carbocycles. The monoisotopic (exact) mass is 387 g/mol. The lowest BCUT2D eigenvalue weighted by atomic mass is 10.1. The number of benzene rings is 1. The van der Waals surface area contributed by atoms with Crippen LogP contribution in [-0.2, 0) is 6.18 Å². The van der Waals surface area contributed by atoms with Crippen molar-refractivity contribution in [2.24, 2.45) is 0 Å². The molecule has 3 aromatic rings. The topological polar surface area (TPSA) is 78.9 Å². The summed E-state index contributed by atoms with van der Waals surface area (Å²) in [7, 11) is 1.45. The van der Waals surface area contributed by atoms with Crippen LogP contribution >= 0.6 is 0 Å². The number of carbonyl (C=O) groups excluding carboxylic acids is 1. The summed E-state index contributed by atoms with van der Waals surface area (Å²) >= 11 is 0. The molecule has 0 aliphatic carbocycles. The zero-order valence-electron chi connectivity index (χ0n) is 14.7. The highest BCUT2D eigenvalue weighted by Crippen LogP contribution is 2.37. The van der Waals surface area contributed by atoms with Gasteiger partial charge in [-0.15, -0.1) is 0 Å². The standard InChI is InChI=1S/C19H16F3N5O/c1-23-18(28)13-6-2-3-7-15(13)27-16-9-17(25-11-14(16)19(20,21)22)26-12-5-4-8-24-10-12/h2-11H,1H3,(H,23,28)(H2,25,26,27). The molecule has 0 aliphatic rings. The summed E-state index contributed by atoms with van der Waals surface area (Å²) in [6.45, 7) is 0. The Balaban J connectivity index is 2.01. The van der Waals surface area contributed by atoms with Crippen molar-refractivity contribution in [3.05, 3.63) is 72.2 Å². The molecule has 28 heavy (non-hydrogen) atoms. The Labute approximate surface area is 158 Å². The Hall–Kier alpha value is -3.62. The van der Waals surface area contributed by atoms with Crippen LogP contribution < -0.4 is 16.0 Å². The maximum atomic E-state index is 13.4. The van der Waals surface area contributed by atoms with Crippen molar-refractivity contribution in [1.29, 1.82) is 0 Å². The molecule has 3 N–H and O–H groups in total. The van der Waals surface area contributed by atoms with Gasteiger partial charge in [0.25, 0.3) is 5.91 Å². The third-order valence-electron chi connectivity index (χ3n) is 3.81. The predicted octanol–water partition coefficient (Wildman–Crippen LogP) is 4.34. The van der Waals surface area contributed by atoms with E-state index < -0.39 is 17.6 Å². The molecule has 0 atom stereocenters. The number of carbonyl (C=O) groups is 1. The van der Waals surface area contributed by atoms with Crippen molar-refractivity contribution in [1.82, 2.24) is 15.3 Å². The highest BCUT2D eigenvalue weighted by atomic mass is 19.4. The summed E-state index contributed by atoms with van der Waals surface area (Å²) < 4.78 is 40.3. The number of alkyl halides is 3. The Morgan fingerprint density at radius 1 is 1.00 bits per heavy atom. The molecule has 0 radical (unpaired) electrons. The molecule has 0 aliphatic heterocycles. The van der Waals surface area contributed by atoms with Crippen LogP contribution in [0.2, 0.25) is 0 Å². The molecule has 144 valence electrons. The number of hydrogen-bond donors (Lipinski definition) is 3. The molecule has 9 heteroatoms. The van der Waals surface area contributed by atoms with Crippen LogP contribution in [0.3, 0.4) is 0 Å². The number of nitrogens with one attached hydrogen (secondary N) is 3. The maximum absolute atomic E-state index is 13.4. The van der Waals surface area contributed by atoms with Gasteiger partial charge in [-0.3, -0.25) is 9.78 Å². The van der Waals surface area contributed by atoms with Gasteiger partial charge in [0.1, 0.15) is 5.82 Å². The third kappa shape index (κ3) is 4.37. The van der Waals surface area contributed by atoms with Crippen molar-refractivity contribution in [2.75, 3.05) is 17.7 Å². The summed E-state index contributed by atoms with van der Waals surface area (Å²) in [6, 6.07) is 10.9. The van der Waals surface area contributed by atoms with E-state index in [0.29, 0.717) is 5.69 Å². The number of para-hydroxylation sites is 1. The number of rotatable bonds is 5. The van der Waals surface area contributed by atoms with Crippen LogP contribution in [0, 0.1) is 0 Å². The summed E-state index contributed by atoms with van der Waals surface area (Å²) in [5.74, 6) is -0.222. The average Bonchev–Trinajstić information content (AvgIpc) is 2.68. The minimum absolute atomic E-state index is 0.195. The van der Waals surface area contributed by atoms with E-state index in [1.807, 2.05) is 0 Å². The Kier molecular flexibility index (Phi) is 5.44. The average molecular weight is 387 g/mol. The van der Waals surface area contributed by atoms with Gasteiger partial charge >= 0.3 is 6.18 Å². The lowest BCUT2D eigenvalue weighted by Gasteiger charge is -2.17. The van der Waals surface area contributed by atoms with E-state index in [4.69, 9.17) is 0 Å². The molecule has 3 rings (SSSR count). The zero-order valence-corrected chi connectivity index (χ0v) is 14.7. The molecule has 0 saturated heterocycles. The second-order valence-corrected chi connectivity index (χ2v) is 5.73. The summed E-state index contributed by atoms with van der Waals surface area (Å²) in [5.41, 5.74) is -0.143. The minimum Gasteiger partial charge on any atom is -0.355 e. The Morgan fingerprint density at radius 2 is 1.79 bits per heavy atom. The van der Waals surface area contributed by atoms with Gasteiger partial charge in [-0.25, -0.2) is 4.98 Å². The molecule has 6 nitrogen and oxygen atoms in total. The Morgan fingerprint density at radius 3 is 2.46 bits per heavy atom. The van der Waals surface area contributed by atoms with Gasteiger partial charge in [0, 0.05) is 25.5 Å². The fourth-order valence-electron chi connectivity index (χ4n) is 2.51. The largest absolute Gasteiger partial charge is 0.419 e. The van der Waals surface area contributed by atoms with Crippen LogP contribution in [0.5, 0.6) is 0 Å². The predicted molar refractivity (Wildman–Crippen MR) is 99.9 cm³/mol. The molecule has 2 aromatic heterocycles. The maximum Gasteiger partial charge on any atom is 0.419 e. The normalized spacial score (nSPS) is 11.0. The molecule has 1 amide bonds. The first kappa shape index (κ1) is 19.2. The first-order valence-corrected chi connectivity index (χ1v) is 8.21. The lowest BCUT2D eigenvalue weighted by Crippen LogP contribution is -2.19. The van der Waals surface area contributed by atoms with Crippen LogP contribution in [0.25, 0.3) is 0 Å². The van der Waals surface area contributed by atoms with Crippen molar-refractivity contribution in [3.63, 3.8) is 0 Å². The minimum atomic E-state index is -4.62. The zero-order chi connectivity index (χ0) is 20.1. The van der Waals surface area contributed by atoms with Crippen LogP contribution in [-0.4, -0.2) is 22.9 Å². The second-order valence-electron chi connectivity index (χ2n) is 5.73. The van der Waals surface area contributed by atoms with Gasteiger partial charge in [-0.05, 0) is 24.3 Å². The van der Waals surface area contributed by atoms with E-state index in [0.717, 1.165) is 6.20 Å². The van der Waals surface area contributed by atoms with Gasteiger partial charge in [-0.2, -0.15) is 13.2 Å². The third-order valence-corrected chi connectivity index (χ3v) is 3.81. The Bertz CT molecular complexity index is 977. The van der Waals surface area contributed by atoms with Crippen molar-refractivity contribution < 1.29 is 18.0 Å². The highest BCUT2D eigenvalue weighted by Gasteiger charge is 2.34. The molecule has 0 saturated carbocycles. The highest BCUT2D eigenvalue weighted by molar-refractivity contribution is 6.00. The number of amides is 1.